The Bertz CT molecular complexity index is 990. The number of rotatable bonds is 7. The summed E-state index contributed by atoms with van der Waals surface area (Å²) < 4.78 is 11.5. The largest absolute Gasteiger partial charge is 0.483 e. The Morgan fingerprint density at radius 3 is 2.58 bits per heavy atom. The summed E-state index contributed by atoms with van der Waals surface area (Å²) in [7, 11) is 0. The quantitative estimate of drug-likeness (QED) is 0.361. The topological polar surface area (TPSA) is 123 Å². The van der Waals surface area contributed by atoms with Crippen LogP contribution in [0.4, 0.5) is 5.69 Å². The van der Waals surface area contributed by atoms with E-state index in [0.717, 1.165) is 0 Å². The number of hydrogen-bond acceptors (Lipinski definition) is 7. The van der Waals surface area contributed by atoms with Gasteiger partial charge in [0.05, 0.1) is 28.8 Å². The molecular formula is C20H19BrN4O6. The molecule has 162 valence electrons. The number of benzene rings is 2. The molecule has 1 saturated heterocycles. The molecule has 0 aromatic heterocycles. The number of hydrogen-bond donors (Lipinski definition) is 1. The summed E-state index contributed by atoms with van der Waals surface area (Å²) in [5.41, 5.74) is 3.19. The molecule has 0 aliphatic carbocycles. The number of ether oxygens (including phenoxy) is 2. The van der Waals surface area contributed by atoms with E-state index in [-0.39, 0.29) is 23.8 Å². The van der Waals surface area contributed by atoms with Crippen LogP contribution in [0.15, 0.2) is 52.0 Å². The summed E-state index contributed by atoms with van der Waals surface area (Å²) in [4.78, 5) is 36.0. The third-order valence-corrected chi connectivity index (χ3v) is 5.01. The van der Waals surface area contributed by atoms with Crippen LogP contribution in [0, 0.1) is 10.1 Å². The van der Waals surface area contributed by atoms with E-state index in [1.165, 1.54) is 30.5 Å². The van der Waals surface area contributed by atoms with E-state index in [9.17, 15) is 19.7 Å². The van der Waals surface area contributed by atoms with Crippen LogP contribution in [0.3, 0.4) is 0 Å². The molecule has 0 radical (unpaired) electrons. The van der Waals surface area contributed by atoms with Crippen LogP contribution in [0.1, 0.15) is 15.9 Å². The molecule has 0 saturated carbocycles. The van der Waals surface area contributed by atoms with E-state index < -0.39 is 10.8 Å². The summed E-state index contributed by atoms with van der Waals surface area (Å²) in [6.07, 6.45) is 1.44. The van der Waals surface area contributed by atoms with Crippen LogP contribution < -0.4 is 10.2 Å². The van der Waals surface area contributed by atoms with Crippen molar-refractivity contribution in [2.45, 2.75) is 0 Å². The van der Waals surface area contributed by atoms with Crippen LogP contribution in [0.25, 0.3) is 0 Å². The Hall–Kier alpha value is -3.31. The van der Waals surface area contributed by atoms with Gasteiger partial charge in [0.15, 0.2) is 6.61 Å². The molecule has 0 bridgehead atoms. The number of halogens is 1. The van der Waals surface area contributed by atoms with Crippen molar-refractivity contribution in [2.75, 3.05) is 32.9 Å². The molecule has 1 aliphatic rings. The third-order valence-electron chi connectivity index (χ3n) is 4.39. The Balaban J connectivity index is 1.52. The zero-order valence-corrected chi connectivity index (χ0v) is 17.9. The monoisotopic (exact) mass is 490 g/mol. The van der Waals surface area contributed by atoms with E-state index >= 15 is 0 Å². The van der Waals surface area contributed by atoms with Gasteiger partial charge in [-0.25, -0.2) is 5.43 Å². The van der Waals surface area contributed by atoms with Gasteiger partial charge in [-0.15, -0.1) is 0 Å². The lowest BCUT2D eigenvalue weighted by Gasteiger charge is -2.26. The average molecular weight is 491 g/mol. The molecule has 1 aliphatic heterocycles. The first-order chi connectivity index (χ1) is 14.9. The van der Waals surface area contributed by atoms with Gasteiger partial charge < -0.3 is 14.4 Å². The lowest BCUT2D eigenvalue weighted by atomic mass is 10.2. The maximum atomic E-state index is 12.2. The van der Waals surface area contributed by atoms with E-state index in [4.69, 9.17) is 9.47 Å². The van der Waals surface area contributed by atoms with Gasteiger partial charge in [-0.05, 0) is 51.8 Å². The number of nitro groups is 1. The highest BCUT2D eigenvalue weighted by molar-refractivity contribution is 9.10. The Morgan fingerprint density at radius 2 is 1.94 bits per heavy atom. The predicted octanol–water partition coefficient (Wildman–Crippen LogP) is 2.36. The van der Waals surface area contributed by atoms with Gasteiger partial charge in [-0.3, -0.25) is 19.7 Å². The number of carbonyl (C=O) groups is 2. The number of hydrazone groups is 1. The van der Waals surface area contributed by atoms with E-state index in [1.54, 1.807) is 23.1 Å². The first-order valence-electron chi connectivity index (χ1n) is 9.30. The molecule has 2 amide bonds. The standard InChI is InChI=1S/C20H19BrN4O6/c21-17-11-14(1-6-18(17)31-13-19(26)24-7-9-30-10-8-24)12-22-23-20(27)15-2-4-16(5-3-15)25(28)29/h1-6,11-12H,7-10,13H2,(H,23,27)/b22-12-. The molecule has 31 heavy (non-hydrogen) atoms. The lowest BCUT2D eigenvalue weighted by molar-refractivity contribution is -0.384. The van der Waals surface area contributed by atoms with Crippen LogP contribution in [-0.4, -0.2) is 60.8 Å². The summed E-state index contributed by atoms with van der Waals surface area (Å²) in [5, 5.41) is 14.5. The molecule has 1 heterocycles. The van der Waals surface area contributed by atoms with Gasteiger partial charge in [0.2, 0.25) is 0 Å². The van der Waals surface area contributed by atoms with Gasteiger partial charge in [0.1, 0.15) is 5.75 Å². The van der Waals surface area contributed by atoms with Gasteiger partial charge in [-0.2, -0.15) is 5.10 Å². The molecule has 0 unspecified atom stereocenters. The molecule has 1 fully saturated rings. The van der Waals surface area contributed by atoms with E-state index in [0.29, 0.717) is 42.1 Å². The zero-order chi connectivity index (χ0) is 22.2. The third kappa shape index (κ3) is 6.33. The van der Waals surface area contributed by atoms with E-state index in [1.807, 2.05) is 0 Å². The number of nitro benzene ring substituents is 1. The van der Waals surface area contributed by atoms with Crippen molar-refractivity contribution in [3.63, 3.8) is 0 Å². The van der Waals surface area contributed by atoms with Crippen molar-refractivity contribution in [1.82, 2.24) is 10.3 Å². The number of carbonyl (C=O) groups excluding carboxylic acids is 2. The van der Waals surface area contributed by atoms with Crippen LogP contribution in [0.5, 0.6) is 5.75 Å². The molecule has 10 nitrogen and oxygen atoms in total. The second kappa shape index (κ2) is 10.6. The van der Waals surface area contributed by atoms with Crippen molar-refractivity contribution in [3.05, 3.63) is 68.2 Å². The fraction of sp³-hybridized carbons (Fsp3) is 0.250. The number of nitrogens with one attached hydrogen (secondary N) is 1. The minimum absolute atomic E-state index is 0.0721. The van der Waals surface area contributed by atoms with E-state index in [2.05, 4.69) is 26.5 Å². The molecule has 11 heteroatoms. The van der Waals surface area contributed by atoms with Gasteiger partial charge in [0.25, 0.3) is 17.5 Å². The predicted molar refractivity (Wildman–Crippen MR) is 115 cm³/mol. The van der Waals surface area contributed by atoms with Gasteiger partial charge >= 0.3 is 0 Å². The van der Waals surface area contributed by atoms with Crippen LogP contribution in [0.2, 0.25) is 0 Å². The summed E-state index contributed by atoms with van der Waals surface area (Å²) in [5.74, 6) is -0.0877. The second-order valence-corrected chi connectivity index (χ2v) is 7.33. The molecule has 0 spiro atoms. The first-order valence-corrected chi connectivity index (χ1v) is 10.1. The molecule has 3 rings (SSSR count). The number of non-ortho nitro benzene ring substituents is 1. The highest BCUT2D eigenvalue weighted by Crippen LogP contribution is 2.25. The van der Waals surface area contributed by atoms with Crippen molar-refractivity contribution in [3.8, 4) is 5.75 Å². The molecule has 1 N–H and O–H groups in total. The fourth-order valence-electron chi connectivity index (χ4n) is 2.72. The first kappa shape index (κ1) is 22.4. The summed E-state index contributed by atoms with van der Waals surface area (Å²) >= 11 is 3.40. The van der Waals surface area contributed by atoms with Crippen LogP contribution >= 0.6 is 15.9 Å². The second-order valence-electron chi connectivity index (χ2n) is 6.47. The number of morpholine rings is 1. The maximum Gasteiger partial charge on any atom is 0.271 e. The highest BCUT2D eigenvalue weighted by Gasteiger charge is 2.17. The molecular weight excluding hydrogens is 472 g/mol. The van der Waals surface area contributed by atoms with Crippen LogP contribution in [-0.2, 0) is 9.53 Å². The lowest BCUT2D eigenvalue weighted by Crippen LogP contribution is -2.43. The Kier molecular flexibility index (Phi) is 7.68. The summed E-state index contributed by atoms with van der Waals surface area (Å²) in [6.45, 7) is 2.11. The highest BCUT2D eigenvalue weighted by atomic mass is 79.9. The van der Waals surface area contributed by atoms with Crippen molar-refractivity contribution in [2.24, 2.45) is 5.10 Å². The van der Waals surface area contributed by atoms with Gasteiger partial charge in [0, 0.05) is 30.8 Å². The normalized spacial score (nSPS) is 13.8. The minimum Gasteiger partial charge on any atom is -0.483 e. The molecule has 2 aromatic rings. The summed E-state index contributed by atoms with van der Waals surface area (Å²) in [6, 6.07) is 10.3. The van der Waals surface area contributed by atoms with Crippen molar-refractivity contribution < 1.29 is 24.0 Å². The molecule has 2 aromatic carbocycles. The smallest absolute Gasteiger partial charge is 0.271 e. The minimum atomic E-state index is -0.538. The zero-order valence-electron chi connectivity index (χ0n) is 16.3. The van der Waals surface area contributed by atoms with Crippen molar-refractivity contribution >= 4 is 39.6 Å². The average Bonchev–Trinajstić information content (AvgIpc) is 2.79. The maximum absolute atomic E-state index is 12.2. The molecule has 0 atom stereocenters. The number of amides is 2. The Morgan fingerprint density at radius 1 is 1.23 bits per heavy atom. The SMILES string of the molecule is O=C(N/N=C\c1ccc(OCC(=O)N2CCOCC2)c(Br)c1)c1ccc([N+](=O)[O-])cc1. The Labute approximate surface area is 186 Å². The van der Waals surface area contributed by atoms with Crippen molar-refractivity contribution in [1.29, 1.82) is 0 Å². The van der Waals surface area contributed by atoms with Gasteiger partial charge in [-0.1, -0.05) is 0 Å². The number of nitrogens with zero attached hydrogens (tertiary/aromatic N) is 3. The fourth-order valence-corrected chi connectivity index (χ4v) is 3.23.